The van der Waals surface area contributed by atoms with Crippen molar-refractivity contribution in [3.05, 3.63) is 35.4 Å². The molecule has 0 radical (unpaired) electrons. The van der Waals surface area contributed by atoms with Gasteiger partial charge in [-0.15, -0.1) is 0 Å². The van der Waals surface area contributed by atoms with Crippen LogP contribution < -0.4 is 0 Å². The molecule has 1 saturated heterocycles. The Morgan fingerprint density at radius 1 is 1.25 bits per heavy atom. The molecule has 0 bridgehead atoms. The summed E-state index contributed by atoms with van der Waals surface area (Å²) in [5, 5.41) is 0. The van der Waals surface area contributed by atoms with Crippen LogP contribution in [0.2, 0.25) is 0 Å². The van der Waals surface area contributed by atoms with Crippen molar-refractivity contribution in [2.24, 2.45) is 5.92 Å². The zero-order chi connectivity index (χ0) is 14.2. The van der Waals surface area contributed by atoms with Crippen LogP contribution in [-0.4, -0.2) is 24.8 Å². The van der Waals surface area contributed by atoms with Crippen LogP contribution in [0.3, 0.4) is 0 Å². The van der Waals surface area contributed by atoms with Gasteiger partial charge in [0.15, 0.2) is 11.6 Å². The zero-order valence-electron chi connectivity index (χ0n) is 12.2. The lowest BCUT2D eigenvalue weighted by Gasteiger charge is -2.27. The minimum atomic E-state index is -0.450. The normalized spacial score (nSPS) is 27.8. The quantitative estimate of drug-likeness (QED) is 0.842. The van der Waals surface area contributed by atoms with Crippen LogP contribution in [0, 0.1) is 5.92 Å². The number of fused-ring (bicyclic) bond motifs is 1. The summed E-state index contributed by atoms with van der Waals surface area (Å²) in [4.78, 5) is 12.5. The number of carbonyl (C=O) groups excluding carboxylic acids is 1. The second-order valence-corrected chi connectivity index (χ2v) is 5.85. The maximum Gasteiger partial charge on any atom is 0.168 e. The summed E-state index contributed by atoms with van der Waals surface area (Å²) in [6.45, 7) is 5.58. The van der Waals surface area contributed by atoms with Crippen molar-refractivity contribution in [3.63, 3.8) is 0 Å². The summed E-state index contributed by atoms with van der Waals surface area (Å²) in [5.74, 6) is 0.212. The van der Waals surface area contributed by atoms with Gasteiger partial charge in [0.1, 0.15) is 0 Å². The first-order valence-electron chi connectivity index (χ1n) is 7.58. The first kappa shape index (κ1) is 13.8. The number of benzene rings is 1. The monoisotopic (exact) mass is 274 g/mol. The summed E-state index contributed by atoms with van der Waals surface area (Å²) in [5.41, 5.74) is 2.10. The van der Waals surface area contributed by atoms with E-state index in [-0.39, 0.29) is 11.7 Å². The predicted molar refractivity (Wildman–Crippen MR) is 76.8 cm³/mol. The summed E-state index contributed by atoms with van der Waals surface area (Å²) < 4.78 is 11.5. The lowest BCUT2D eigenvalue weighted by Crippen LogP contribution is -2.30. The van der Waals surface area contributed by atoms with E-state index < -0.39 is 5.79 Å². The minimum Gasteiger partial charge on any atom is -0.348 e. The molecule has 1 aliphatic carbocycles. The van der Waals surface area contributed by atoms with E-state index in [1.165, 1.54) is 5.56 Å². The molecule has 3 rings (SSSR count). The number of rotatable bonds is 4. The standard InChI is InChI=1S/C17H22O3/c1-3-17(19-10-11-20-17)9-8-14-12(2)13-6-4-5-7-15(13)16(14)18/h4-7,12,14H,3,8-11H2,1-2H3. The molecule has 1 aromatic rings. The minimum absolute atomic E-state index is 0.0728. The summed E-state index contributed by atoms with van der Waals surface area (Å²) in [6, 6.07) is 7.99. The Hall–Kier alpha value is -1.19. The molecule has 0 spiro atoms. The number of ether oxygens (including phenoxy) is 2. The fourth-order valence-corrected chi connectivity index (χ4v) is 3.54. The molecule has 0 amide bonds. The molecule has 1 aromatic carbocycles. The molecule has 0 aromatic heterocycles. The van der Waals surface area contributed by atoms with Gasteiger partial charge in [-0.2, -0.15) is 0 Å². The molecule has 1 fully saturated rings. The number of hydrogen-bond acceptors (Lipinski definition) is 3. The predicted octanol–water partition coefficient (Wildman–Crippen LogP) is 3.54. The Morgan fingerprint density at radius 3 is 2.60 bits per heavy atom. The molecular weight excluding hydrogens is 252 g/mol. The highest BCUT2D eigenvalue weighted by Crippen LogP contribution is 2.41. The van der Waals surface area contributed by atoms with Gasteiger partial charge in [-0.05, 0) is 24.3 Å². The van der Waals surface area contributed by atoms with Gasteiger partial charge in [0.2, 0.25) is 0 Å². The number of Topliss-reactive ketones (excluding diaryl/α,β-unsaturated/α-hetero) is 1. The second kappa shape index (κ2) is 5.30. The average molecular weight is 274 g/mol. The molecule has 108 valence electrons. The van der Waals surface area contributed by atoms with Gasteiger partial charge in [0, 0.05) is 17.9 Å². The van der Waals surface area contributed by atoms with Gasteiger partial charge in [0.25, 0.3) is 0 Å². The van der Waals surface area contributed by atoms with Crippen molar-refractivity contribution in [1.82, 2.24) is 0 Å². The molecule has 2 aliphatic rings. The highest BCUT2D eigenvalue weighted by atomic mass is 16.7. The van der Waals surface area contributed by atoms with Crippen LogP contribution in [0.1, 0.15) is 54.9 Å². The Kier molecular flexibility index (Phi) is 3.65. The third-order valence-corrected chi connectivity index (χ3v) is 4.85. The van der Waals surface area contributed by atoms with E-state index in [4.69, 9.17) is 9.47 Å². The van der Waals surface area contributed by atoms with Gasteiger partial charge in [-0.3, -0.25) is 4.79 Å². The number of ketones is 1. The van der Waals surface area contributed by atoms with Crippen molar-refractivity contribution in [2.75, 3.05) is 13.2 Å². The van der Waals surface area contributed by atoms with Gasteiger partial charge < -0.3 is 9.47 Å². The Labute approximate surface area is 120 Å². The van der Waals surface area contributed by atoms with E-state index in [9.17, 15) is 4.79 Å². The SMILES string of the molecule is CCC1(CCC2C(=O)c3ccccc3C2C)OCCO1. The fraction of sp³-hybridized carbons (Fsp3) is 0.588. The maximum atomic E-state index is 12.5. The molecule has 1 aliphatic heterocycles. The first-order chi connectivity index (χ1) is 9.67. The maximum absolute atomic E-state index is 12.5. The van der Waals surface area contributed by atoms with E-state index in [0.29, 0.717) is 19.1 Å². The van der Waals surface area contributed by atoms with E-state index >= 15 is 0 Å². The number of hydrogen-bond donors (Lipinski definition) is 0. The van der Waals surface area contributed by atoms with E-state index in [2.05, 4.69) is 19.9 Å². The molecule has 2 unspecified atom stereocenters. The van der Waals surface area contributed by atoms with Crippen molar-refractivity contribution >= 4 is 5.78 Å². The molecule has 3 nitrogen and oxygen atoms in total. The van der Waals surface area contributed by atoms with Crippen molar-refractivity contribution in [2.45, 2.75) is 44.8 Å². The van der Waals surface area contributed by atoms with Crippen LogP contribution in [0.15, 0.2) is 24.3 Å². The number of carbonyl (C=O) groups is 1. The Bertz CT molecular complexity index is 503. The van der Waals surface area contributed by atoms with Crippen molar-refractivity contribution in [1.29, 1.82) is 0 Å². The van der Waals surface area contributed by atoms with Gasteiger partial charge >= 0.3 is 0 Å². The molecule has 1 heterocycles. The third kappa shape index (κ3) is 2.19. The van der Waals surface area contributed by atoms with Gasteiger partial charge in [-0.25, -0.2) is 0 Å². The molecule has 3 heteroatoms. The summed E-state index contributed by atoms with van der Waals surface area (Å²) in [6.07, 6.45) is 2.48. The van der Waals surface area contributed by atoms with Crippen LogP contribution in [0.25, 0.3) is 0 Å². The van der Waals surface area contributed by atoms with E-state index in [0.717, 1.165) is 24.8 Å². The zero-order valence-corrected chi connectivity index (χ0v) is 12.2. The highest BCUT2D eigenvalue weighted by Gasteiger charge is 2.40. The fourth-order valence-electron chi connectivity index (χ4n) is 3.54. The molecule has 0 saturated carbocycles. The molecule has 0 N–H and O–H groups in total. The topological polar surface area (TPSA) is 35.5 Å². The lowest BCUT2D eigenvalue weighted by molar-refractivity contribution is -0.165. The first-order valence-corrected chi connectivity index (χ1v) is 7.58. The largest absolute Gasteiger partial charge is 0.348 e. The lowest BCUT2D eigenvalue weighted by atomic mass is 9.88. The van der Waals surface area contributed by atoms with Crippen LogP contribution >= 0.6 is 0 Å². The van der Waals surface area contributed by atoms with Gasteiger partial charge in [0.05, 0.1) is 13.2 Å². The van der Waals surface area contributed by atoms with Crippen LogP contribution in [0.5, 0.6) is 0 Å². The molecular formula is C17H22O3. The Balaban J connectivity index is 1.72. The highest BCUT2D eigenvalue weighted by molar-refractivity contribution is 6.03. The second-order valence-electron chi connectivity index (χ2n) is 5.85. The summed E-state index contributed by atoms with van der Waals surface area (Å²) >= 11 is 0. The molecule has 2 atom stereocenters. The smallest absolute Gasteiger partial charge is 0.168 e. The summed E-state index contributed by atoms with van der Waals surface area (Å²) in [7, 11) is 0. The molecule has 20 heavy (non-hydrogen) atoms. The van der Waals surface area contributed by atoms with Gasteiger partial charge in [-0.1, -0.05) is 38.1 Å². The average Bonchev–Trinajstić information content (AvgIpc) is 3.04. The van der Waals surface area contributed by atoms with E-state index in [1.54, 1.807) is 0 Å². The third-order valence-electron chi connectivity index (χ3n) is 4.85. The Morgan fingerprint density at radius 2 is 1.95 bits per heavy atom. The van der Waals surface area contributed by atoms with Crippen LogP contribution in [0.4, 0.5) is 0 Å². The van der Waals surface area contributed by atoms with Crippen molar-refractivity contribution in [3.8, 4) is 0 Å². The van der Waals surface area contributed by atoms with E-state index in [1.807, 2.05) is 18.2 Å². The van der Waals surface area contributed by atoms with Crippen molar-refractivity contribution < 1.29 is 14.3 Å². The van der Waals surface area contributed by atoms with Crippen LogP contribution in [-0.2, 0) is 9.47 Å².